The molecule has 1 N–H and O–H groups in total. The van der Waals surface area contributed by atoms with Gasteiger partial charge in [0.1, 0.15) is 0 Å². The van der Waals surface area contributed by atoms with Crippen molar-refractivity contribution >= 4 is 5.78 Å². The number of Topliss-reactive ketones (excluding diaryl/α,β-unsaturated/α-hetero) is 1. The number of hydrogen-bond donors (Lipinski definition) is 1. The van der Waals surface area contributed by atoms with Crippen LogP contribution in [0.3, 0.4) is 0 Å². The maximum Gasteiger partial charge on any atom is 0.189 e. The molecule has 1 atom stereocenters. The highest BCUT2D eigenvalue weighted by molar-refractivity contribution is 5.83. The largest absolute Gasteiger partial charge is 1.00 e. The van der Waals surface area contributed by atoms with Crippen LogP contribution in [0.25, 0.3) is 0 Å². The van der Waals surface area contributed by atoms with Crippen LogP contribution >= 0.6 is 0 Å². The molecule has 0 aliphatic carbocycles. The molecular weight excluding hydrogens is 174 g/mol. The summed E-state index contributed by atoms with van der Waals surface area (Å²) in [6.45, 7) is 9.89. The maximum absolute atomic E-state index is 11.2. The van der Waals surface area contributed by atoms with Crippen molar-refractivity contribution in [3.63, 3.8) is 0 Å². The van der Waals surface area contributed by atoms with Gasteiger partial charge < -0.3 is 17.3 Å². The molecular formula is C9H20ClNO. The molecule has 3 heteroatoms. The number of quaternary nitrogens is 1. The number of hydrogen-bond acceptors (Lipinski definition) is 1. The Morgan fingerprint density at radius 2 is 1.67 bits per heavy atom. The molecule has 0 aromatic heterocycles. The molecule has 2 nitrogen and oxygen atoms in total. The number of nitrogens with one attached hydrogen (secondary N) is 1. The fraction of sp³-hybridized carbons (Fsp3) is 0.889. The van der Waals surface area contributed by atoms with E-state index < -0.39 is 0 Å². The van der Waals surface area contributed by atoms with Gasteiger partial charge in [0.15, 0.2) is 11.3 Å². The lowest BCUT2D eigenvalue weighted by Gasteiger charge is -2.32. The van der Waals surface area contributed by atoms with Crippen molar-refractivity contribution in [2.24, 2.45) is 0 Å². The van der Waals surface area contributed by atoms with E-state index in [0.717, 1.165) is 0 Å². The molecule has 0 saturated heterocycles. The van der Waals surface area contributed by atoms with Crippen molar-refractivity contribution in [1.82, 2.24) is 0 Å². The summed E-state index contributed by atoms with van der Waals surface area (Å²) in [4.78, 5) is 12.5. The highest BCUT2D eigenvalue weighted by Crippen LogP contribution is 1.97. The minimum absolute atomic E-state index is 0. The van der Waals surface area contributed by atoms with Crippen LogP contribution in [0.4, 0.5) is 0 Å². The third-order valence-corrected chi connectivity index (χ3v) is 2.73. The van der Waals surface area contributed by atoms with Gasteiger partial charge in [-0.05, 0) is 27.7 Å². The maximum atomic E-state index is 11.2. The first kappa shape index (κ1) is 14.4. The average Bonchev–Trinajstić information content (AvgIpc) is 1.85. The Hall–Kier alpha value is -0.0800. The Morgan fingerprint density at radius 1 is 1.33 bits per heavy atom. The molecule has 0 bridgehead atoms. The molecule has 0 saturated carbocycles. The first-order chi connectivity index (χ1) is 4.80. The van der Waals surface area contributed by atoms with Gasteiger partial charge in [-0.2, -0.15) is 0 Å². The zero-order chi connectivity index (χ0) is 9.23. The summed E-state index contributed by atoms with van der Waals surface area (Å²) in [5.41, 5.74) is -0.242. The Kier molecular flexibility index (Phi) is 5.81. The number of ketones is 1. The van der Waals surface area contributed by atoms with Crippen LogP contribution in [0.15, 0.2) is 0 Å². The van der Waals surface area contributed by atoms with Gasteiger partial charge in [-0.3, -0.25) is 4.79 Å². The second-order valence-corrected chi connectivity index (χ2v) is 4.02. The van der Waals surface area contributed by atoms with E-state index >= 15 is 0 Å². The van der Waals surface area contributed by atoms with Crippen LogP contribution in [0.2, 0.25) is 0 Å². The van der Waals surface area contributed by atoms with Gasteiger partial charge in [-0.25, -0.2) is 0 Å². The molecule has 0 rings (SSSR count). The monoisotopic (exact) mass is 193 g/mol. The van der Waals surface area contributed by atoms with E-state index in [-0.39, 0.29) is 23.7 Å². The van der Waals surface area contributed by atoms with E-state index in [2.05, 4.69) is 20.9 Å². The SMILES string of the molecule is CC(=O)C(C)(C)[NH+](C)C(C)C.[Cl-]. The first-order valence-electron chi connectivity index (χ1n) is 4.15. The molecule has 1 unspecified atom stereocenters. The quantitative estimate of drug-likeness (QED) is 0.517. The van der Waals surface area contributed by atoms with Gasteiger partial charge in [0.25, 0.3) is 0 Å². The fourth-order valence-electron chi connectivity index (χ4n) is 0.999. The molecule has 0 fully saturated rings. The summed E-state index contributed by atoms with van der Waals surface area (Å²) in [6.07, 6.45) is 0. The van der Waals surface area contributed by atoms with Gasteiger partial charge in [0, 0.05) is 6.92 Å². The van der Waals surface area contributed by atoms with E-state index in [1.165, 1.54) is 4.90 Å². The summed E-state index contributed by atoms with van der Waals surface area (Å²) in [5.74, 6) is 0.253. The van der Waals surface area contributed by atoms with Crippen LogP contribution < -0.4 is 17.3 Å². The Morgan fingerprint density at radius 3 is 1.75 bits per heavy atom. The van der Waals surface area contributed by atoms with Gasteiger partial charge in [-0.1, -0.05) is 0 Å². The summed E-state index contributed by atoms with van der Waals surface area (Å²) in [5, 5.41) is 0. The van der Waals surface area contributed by atoms with Gasteiger partial charge >= 0.3 is 0 Å². The summed E-state index contributed by atoms with van der Waals surface area (Å²) in [6, 6.07) is 0.494. The third-order valence-electron chi connectivity index (χ3n) is 2.73. The number of carbonyl (C=O) groups is 1. The molecule has 74 valence electrons. The summed E-state index contributed by atoms with van der Waals surface area (Å²) in [7, 11) is 2.06. The van der Waals surface area contributed by atoms with Crippen molar-refractivity contribution in [3.05, 3.63) is 0 Å². The Balaban J connectivity index is 0. The van der Waals surface area contributed by atoms with Crippen LogP contribution in [0.1, 0.15) is 34.6 Å². The van der Waals surface area contributed by atoms with Gasteiger partial charge in [-0.15, -0.1) is 0 Å². The number of likely N-dealkylation sites (N-methyl/N-ethyl adjacent to an activating group) is 1. The zero-order valence-electron chi connectivity index (χ0n) is 8.86. The minimum atomic E-state index is -0.242. The molecule has 0 aromatic rings. The van der Waals surface area contributed by atoms with Crippen LogP contribution in [-0.2, 0) is 4.79 Å². The molecule has 12 heavy (non-hydrogen) atoms. The van der Waals surface area contributed by atoms with Crippen molar-refractivity contribution in [1.29, 1.82) is 0 Å². The Labute approximate surface area is 81.7 Å². The predicted octanol–water partition coefficient (Wildman–Crippen LogP) is -2.72. The predicted molar refractivity (Wildman–Crippen MR) is 46.8 cm³/mol. The van der Waals surface area contributed by atoms with Gasteiger partial charge in [0.2, 0.25) is 0 Å². The molecule has 0 aromatic carbocycles. The van der Waals surface area contributed by atoms with Gasteiger partial charge in [0.05, 0.1) is 13.1 Å². The lowest BCUT2D eigenvalue weighted by atomic mass is 9.97. The van der Waals surface area contributed by atoms with Crippen molar-refractivity contribution < 1.29 is 22.1 Å². The number of halogens is 1. The lowest BCUT2D eigenvalue weighted by Crippen LogP contribution is -3.20. The van der Waals surface area contributed by atoms with Crippen LogP contribution in [0, 0.1) is 0 Å². The fourth-order valence-corrected chi connectivity index (χ4v) is 0.999. The van der Waals surface area contributed by atoms with Crippen LogP contribution in [0.5, 0.6) is 0 Å². The summed E-state index contributed by atoms with van der Waals surface area (Å²) < 4.78 is 0. The molecule has 0 heterocycles. The normalized spacial score (nSPS) is 13.9. The van der Waals surface area contributed by atoms with E-state index in [1.54, 1.807) is 6.92 Å². The van der Waals surface area contributed by atoms with E-state index in [1.807, 2.05) is 13.8 Å². The standard InChI is InChI=1S/C9H19NO.ClH/c1-7(2)10(6)9(4,5)8(3)11;/h7H,1-6H3;1H. The highest BCUT2D eigenvalue weighted by Gasteiger charge is 2.34. The lowest BCUT2D eigenvalue weighted by molar-refractivity contribution is -0.939. The molecule has 0 amide bonds. The smallest absolute Gasteiger partial charge is 0.189 e. The van der Waals surface area contributed by atoms with Crippen molar-refractivity contribution in [2.45, 2.75) is 46.2 Å². The third kappa shape index (κ3) is 3.11. The first-order valence-corrected chi connectivity index (χ1v) is 4.15. The zero-order valence-corrected chi connectivity index (χ0v) is 9.62. The minimum Gasteiger partial charge on any atom is -1.00 e. The molecule has 0 spiro atoms. The summed E-state index contributed by atoms with van der Waals surface area (Å²) >= 11 is 0. The second kappa shape index (κ2) is 4.83. The topological polar surface area (TPSA) is 21.5 Å². The second-order valence-electron chi connectivity index (χ2n) is 4.02. The van der Waals surface area contributed by atoms with E-state index in [0.29, 0.717) is 6.04 Å². The Bertz CT molecular complexity index is 155. The molecule has 0 aliphatic rings. The van der Waals surface area contributed by atoms with Crippen molar-refractivity contribution in [2.75, 3.05) is 7.05 Å². The highest BCUT2D eigenvalue weighted by atomic mass is 35.5. The molecule has 0 radical (unpaired) electrons. The van der Waals surface area contributed by atoms with Crippen LogP contribution in [-0.4, -0.2) is 24.4 Å². The molecule has 0 aliphatic heterocycles. The van der Waals surface area contributed by atoms with Crippen molar-refractivity contribution in [3.8, 4) is 0 Å². The van der Waals surface area contributed by atoms with E-state index in [9.17, 15) is 4.79 Å². The van der Waals surface area contributed by atoms with E-state index in [4.69, 9.17) is 0 Å². The number of rotatable bonds is 3. The average molecular weight is 194 g/mol. The number of carbonyl (C=O) groups excluding carboxylic acids is 1.